The quantitative estimate of drug-likeness (QED) is 0.865. The summed E-state index contributed by atoms with van der Waals surface area (Å²) in [6.07, 6.45) is 1.66. The summed E-state index contributed by atoms with van der Waals surface area (Å²) in [7, 11) is 0. The molecule has 0 unspecified atom stereocenters. The van der Waals surface area contributed by atoms with Gasteiger partial charge in [0.15, 0.2) is 11.6 Å². The summed E-state index contributed by atoms with van der Waals surface area (Å²) >= 11 is 0. The number of aromatic nitrogens is 3. The Kier molecular flexibility index (Phi) is 4.19. The number of hydrogen-bond acceptors (Lipinski definition) is 6. The largest absolute Gasteiger partial charge is 0.360 e. The van der Waals surface area contributed by atoms with Gasteiger partial charge in [0.05, 0.1) is 5.69 Å². The van der Waals surface area contributed by atoms with Gasteiger partial charge in [-0.15, -0.1) is 0 Å². The minimum atomic E-state index is 0.00705. The van der Waals surface area contributed by atoms with Gasteiger partial charge in [-0.25, -0.2) is 0 Å². The number of piperidine rings is 1. The Bertz CT molecular complexity index is 696. The fraction of sp³-hybridized carbons (Fsp3) is 0.625. The summed E-state index contributed by atoms with van der Waals surface area (Å²) in [6, 6.07) is 0. The molecule has 1 fully saturated rings. The molecule has 0 saturated carbocycles. The van der Waals surface area contributed by atoms with Gasteiger partial charge in [-0.3, -0.25) is 4.79 Å². The molecule has 7 heteroatoms. The minimum Gasteiger partial charge on any atom is -0.360 e. The minimum absolute atomic E-state index is 0.00705. The Labute approximate surface area is 135 Å². The van der Waals surface area contributed by atoms with Crippen LogP contribution in [0.1, 0.15) is 72.1 Å². The van der Waals surface area contributed by atoms with Gasteiger partial charge in [-0.1, -0.05) is 24.2 Å². The first kappa shape index (κ1) is 15.7. The summed E-state index contributed by atoms with van der Waals surface area (Å²) in [4.78, 5) is 19.0. The number of carbonyl (C=O) groups is 1. The molecule has 7 nitrogen and oxygen atoms in total. The van der Waals surface area contributed by atoms with Crippen LogP contribution in [0.25, 0.3) is 0 Å². The second kappa shape index (κ2) is 6.14. The van der Waals surface area contributed by atoms with E-state index in [0.29, 0.717) is 41.8 Å². The first-order valence-electron chi connectivity index (χ1n) is 8.03. The smallest absolute Gasteiger partial charge is 0.259 e. The Morgan fingerprint density at radius 3 is 2.43 bits per heavy atom. The van der Waals surface area contributed by atoms with Crippen LogP contribution in [-0.2, 0) is 0 Å². The molecule has 0 radical (unpaired) electrons. The van der Waals surface area contributed by atoms with E-state index >= 15 is 0 Å². The van der Waals surface area contributed by atoms with Crippen LogP contribution in [0.15, 0.2) is 9.05 Å². The van der Waals surface area contributed by atoms with Gasteiger partial charge in [0.25, 0.3) is 5.91 Å². The van der Waals surface area contributed by atoms with Crippen molar-refractivity contribution in [2.24, 2.45) is 0 Å². The molecule has 2 aromatic rings. The number of aryl methyl sites for hydroxylation is 2. The molecule has 1 aliphatic rings. The summed E-state index contributed by atoms with van der Waals surface area (Å²) in [5.41, 5.74) is 1.28. The number of nitrogens with zero attached hydrogens (tertiary/aromatic N) is 4. The van der Waals surface area contributed by atoms with E-state index in [-0.39, 0.29) is 17.7 Å². The zero-order valence-corrected chi connectivity index (χ0v) is 14.0. The van der Waals surface area contributed by atoms with Crippen LogP contribution in [0, 0.1) is 13.8 Å². The third-order valence-electron chi connectivity index (χ3n) is 4.30. The SMILES string of the molecule is Cc1noc(C2CCN(C(=O)c3c(C)noc3C(C)C)CC2)n1. The molecule has 1 aliphatic heterocycles. The third kappa shape index (κ3) is 3.00. The summed E-state index contributed by atoms with van der Waals surface area (Å²) in [6.45, 7) is 8.98. The van der Waals surface area contributed by atoms with Gasteiger partial charge >= 0.3 is 0 Å². The zero-order chi connectivity index (χ0) is 16.6. The Balaban J connectivity index is 1.70. The van der Waals surface area contributed by atoms with E-state index in [9.17, 15) is 4.79 Å². The highest BCUT2D eigenvalue weighted by molar-refractivity contribution is 5.96. The number of amides is 1. The first-order valence-corrected chi connectivity index (χ1v) is 8.03. The van der Waals surface area contributed by atoms with Crippen LogP contribution < -0.4 is 0 Å². The maximum absolute atomic E-state index is 12.8. The van der Waals surface area contributed by atoms with Crippen LogP contribution >= 0.6 is 0 Å². The average molecular weight is 318 g/mol. The normalized spacial score (nSPS) is 16.3. The van der Waals surface area contributed by atoms with E-state index in [0.717, 1.165) is 12.8 Å². The predicted molar refractivity (Wildman–Crippen MR) is 82.2 cm³/mol. The van der Waals surface area contributed by atoms with Crippen molar-refractivity contribution in [2.45, 2.75) is 52.4 Å². The fourth-order valence-electron chi connectivity index (χ4n) is 3.01. The lowest BCUT2D eigenvalue weighted by Crippen LogP contribution is -2.38. The molecular weight excluding hydrogens is 296 g/mol. The van der Waals surface area contributed by atoms with Crippen LogP contribution in [0.5, 0.6) is 0 Å². The van der Waals surface area contributed by atoms with Crippen molar-refractivity contribution in [3.05, 3.63) is 28.7 Å². The molecule has 3 heterocycles. The standard InChI is InChI=1S/C16H22N4O3/c1-9(2)14-13(10(3)18-22-14)16(21)20-7-5-12(6-8-20)15-17-11(4)19-23-15/h9,12H,5-8H2,1-4H3. The molecule has 23 heavy (non-hydrogen) atoms. The van der Waals surface area contributed by atoms with E-state index in [4.69, 9.17) is 9.05 Å². The van der Waals surface area contributed by atoms with Crippen LogP contribution in [0.4, 0.5) is 0 Å². The second-order valence-corrected chi connectivity index (χ2v) is 6.41. The van der Waals surface area contributed by atoms with E-state index < -0.39 is 0 Å². The van der Waals surface area contributed by atoms with Gasteiger partial charge in [0, 0.05) is 24.9 Å². The third-order valence-corrected chi connectivity index (χ3v) is 4.30. The van der Waals surface area contributed by atoms with Gasteiger partial charge in [0.1, 0.15) is 5.56 Å². The fourth-order valence-corrected chi connectivity index (χ4v) is 3.01. The lowest BCUT2D eigenvalue weighted by Gasteiger charge is -2.30. The molecule has 0 aliphatic carbocycles. The number of carbonyl (C=O) groups excluding carboxylic acids is 1. The predicted octanol–water partition coefficient (Wildman–Crippen LogP) is 2.82. The molecule has 1 amide bonds. The molecule has 3 rings (SSSR count). The maximum atomic E-state index is 12.8. The van der Waals surface area contributed by atoms with Crippen molar-refractivity contribution in [2.75, 3.05) is 13.1 Å². The van der Waals surface area contributed by atoms with Crippen molar-refractivity contribution in [3.8, 4) is 0 Å². The summed E-state index contributed by atoms with van der Waals surface area (Å²) in [5.74, 6) is 2.37. The molecule has 0 bridgehead atoms. The van der Waals surface area contributed by atoms with Gasteiger partial charge in [0.2, 0.25) is 5.89 Å². The molecule has 124 valence electrons. The monoisotopic (exact) mass is 318 g/mol. The van der Waals surface area contributed by atoms with E-state index in [1.165, 1.54) is 0 Å². The van der Waals surface area contributed by atoms with Crippen molar-refractivity contribution in [1.29, 1.82) is 0 Å². The van der Waals surface area contributed by atoms with E-state index in [1.807, 2.05) is 32.6 Å². The van der Waals surface area contributed by atoms with Crippen molar-refractivity contribution < 1.29 is 13.8 Å². The zero-order valence-electron chi connectivity index (χ0n) is 14.0. The van der Waals surface area contributed by atoms with E-state index in [2.05, 4.69) is 15.3 Å². The summed E-state index contributed by atoms with van der Waals surface area (Å²) in [5, 5.41) is 7.81. The Morgan fingerprint density at radius 1 is 1.17 bits per heavy atom. The van der Waals surface area contributed by atoms with Crippen molar-refractivity contribution >= 4 is 5.91 Å². The molecule has 1 saturated heterocycles. The maximum Gasteiger partial charge on any atom is 0.259 e. The number of rotatable bonds is 3. The Morgan fingerprint density at radius 2 is 1.87 bits per heavy atom. The molecule has 0 N–H and O–H groups in total. The van der Waals surface area contributed by atoms with E-state index in [1.54, 1.807) is 0 Å². The Hall–Kier alpha value is -2.18. The van der Waals surface area contributed by atoms with Gasteiger partial charge in [-0.2, -0.15) is 4.98 Å². The highest BCUT2D eigenvalue weighted by atomic mass is 16.5. The highest BCUT2D eigenvalue weighted by Gasteiger charge is 2.31. The van der Waals surface area contributed by atoms with Crippen LogP contribution in [0.2, 0.25) is 0 Å². The van der Waals surface area contributed by atoms with Crippen molar-refractivity contribution in [3.63, 3.8) is 0 Å². The van der Waals surface area contributed by atoms with Crippen LogP contribution in [0.3, 0.4) is 0 Å². The molecule has 0 atom stereocenters. The second-order valence-electron chi connectivity index (χ2n) is 6.41. The molecule has 0 aromatic carbocycles. The lowest BCUT2D eigenvalue weighted by molar-refractivity contribution is 0.0701. The highest BCUT2D eigenvalue weighted by Crippen LogP contribution is 2.29. The molecule has 2 aromatic heterocycles. The first-order chi connectivity index (χ1) is 11.0. The lowest BCUT2D eigenvalue weighted by atomic mass is 9.95. The van der Waals surface area contributed by atoms with Crippen molar-refractivity contribution in [1.82, 2.24) is 20.2 Å². The number of hydrogen-bond donors (Lipinski definition) is 0. The average Bonchev–Trinajstić information content (AvgIpc) is 3.13. The molecular formula is C16H22N4O3. The number of likely N-dealkylation sites (tertiary alicyclic amines) is 1. The van der Waals surface area contributed by atoms with Crippen LogP contribution in [-0.4, -0.2) is 39.2 Å². The van der Waals surface area contributed by atoms with Gasteiger partial charge < -0.3 is 13.9 Å². The molecule has 0 spiro atoms. The van der Waals surface area contributed by atoms with Gasteiger partial charge in [-0.05, 0) is 26.7 Å². The summed E-state index contributed by atoms with van der Waals surface area (Å²) < 4.78 is 10.6. The topological polar surface area (TPSA) is 85.3 Å².